The van der Waals surface area contributed by atoms with Crippen molar-refractivity contribution in [2.45, 2.75) is 31.3 Å². The minimum absolute atomic E-state index is 0.000139. The van der Waals surface area contributed by atoms with E-state index < -0.39 is 5.91 Å². The van der Waals surface area contributed by atoms with Gasteiger partial charge in [-0.15, -0.1) is 0 Å². The Morgan fingerprint density at radius 2 is 2.06 bits per heavy atom. The lowest BCUT2D eigenvalue weighted by Crippen LogP contribution is -2.47. The van der Waals surface area contributed by atoms with E-state index in [0.29, 0.717) is 13.0 Å². The number of hydroxylamine groups is 1. The number of carbonyl (C=O) groups is 2. The Morgan fingerprint density at radius 3 is 2.86 bits per heavy atom. The Labute approximate surface area is 205 Å². The molecular weight excluding hydrogens is 442 g/mol. The van der Waals surface area contributed by atoms with Crippen LogP contribution >= 0.6 is 0 Å². The fraction of sp³-hybridized carbons (Fsp3) is 0.333. The third-order valence-electron chi connectivity index (χ3n) is 6.46. The predicted molar refractivity (Wildman–Crippen MR) is 137 cm³/mol. The Kier molecular flexibility index (Phi) is 7.97. The van der Waals surface area contributed by atoms with E-state index in [1.165, 1.54) is 17.2 Å². The third kappa shape index (κ3) is 6.16. The first-order chi connectivity index (χ1) is 16.9. The number of rotatable bonds is 10. The fourth-order valence-corrected chi connectivity index (χ4v) is 4.64. The molecule has 3 aromatic rings. The van der Waals surface area contributed by atoms with Gasteiger partial charge in [0.1, 0.15) is 0 Å². The molecule has 0 saturated heterocycles. The van der Waals surface area contributed by atoms with Gasteiger partial charge in [-0.2, -0.15) is 0 Å². The smallest absolute Gasteiger partial charge is 0.267 e. The molecule has 2 atom stereocenters. The van der Waals surface area contributed by atoms with Crippen LogP contribution in [0.5, 0.6) is 0 Å². The maximum atomic E-state index is 13.2. The zero-order valence-corrected chi connectivity index (χ0v) is 20.2. The monoisotopic (exact) mass is 475 g/mol. The average molecular weight is 476 g/mol. The van der Waals surface area contributed by atoms with Gasteiger partial charge >= 0.3 is 0 Å². The Bertz CT molecular complexity index is 1220. The van der Waals surface area contributed by atoms with E-state index in [1.807, 2.05) is 49.5 Å². The number of benzene rings is 2. The van der Waals surface area contributed by atoms with Crippen LogP contribution in [0.25, 0.3) is 17.0 Å². The Morgan fingerprint density at radius 1 is 1.23 bits per heavy atom. The molecule has 0 bridgehead atoms. The summed E-state index contributed by atoms with van der Waals surface area (Å²) in [6.07, 6.45) is 7.33. The largest absolute Gasteiger partial charge is 0.361 e. The number of aryl methyl sites for hydroxylation is 1. The highest BCUT2D eigenvalue weighted by Crippen LogP contribution is 2.33. The summed E-state index contributed by atoms with van der Waals surface area (Å²) in [5.74, 6) is -0.564. The van der Waals surface area contributed by atoms with E-state index in [2.05, 4.69) is 33.8 Å². The molecule has 0 aliphatic heterocycles. The number of hydrogen-bond acceptors (Lipinski definition) is 5. The van der Waals surface area contributed by atoms with Crippen molar-refractivity contribution >= 4 is 28.8 Å². The van der Waals surface area contributed by atoms with E-state index in [0.717, 1.165) is 41.4 Å². The Hall–Kier alpha value is -3.46. The molecule has 4 rings (SSSR count). The second-order valence-corrected chi connectivity index (χ2v) is 9.24. The summed E-state index contributed by atoms with van der Waals surface area (Å²) in [5, 5.41) is 16.5. The molecule has 2 amide bonds. The van der Waals surface area contributed by atoms with Crippen LogP contribution in [0, 0.1) is 0 Å². The van der Waals surface area contributed by atoms with Crippen LogP contribution in [-0.2, 0) is 22.4 Å². The second kappa shape index (κ2) is 11.3. The van der Waals surface area contributed by atoms with Crippen molar-refractivity contribution in [3.05, 3.63) is 77.0 Å². The molecule has 1 aliphatic carbocycles. The molecule has 8 heteroatoms. The highest BCUT2D eigenvalue weighted by molar-refractivity contribution is 5.91. The van der Waals surface area contributed by atoms with Gasteiger partial charge in [0, 0.05) is 42.3 Å². The van der Waals surface area contributed by atoms with E-state index in [9.17, 15) is 9.59 Å². The molecule has 35 heavy (non-hydrogen) atoms. The Balaban J connectivity index is 1.52. The van der Waals surface area contributed by atoms with Gasteiger partial charge in [0.15, 0.2) is 0 Å². The normalized spacial score (nSPS) is 16.1. The average Bonchev–Trinajstić information content (AvgIpc) is 3.45. The van der Waals surface area contributed by atoms with Gasteiger partial charge in [-0.05, 0) is 67.8 Å². The topological polar surface area (TPSA) is 109 Å². The molecule has 8 nitrogen and oxygen atoms in total. The van der Waals surface area contributed by atoms with Crippen LogP contribution in [0.3, 0.4) is 0 Å². The summed E-state index contributed by atoms with van der Waals surface area (Å²) in [5.41, 5.74) is 7.05. The van der Waals surface area contributed by atoms with Crippen LogP contribution in [0.4, 0.5) is 0 Å². The number of nitrogens with zero attached hydrogens (tertiary/aromatic N) is 1. The molecule has 1 heterocycles. The summed E-state index contributed by atoms with van der Waals surface area (Å²) < 4.78 is 0. The first-order valence-electron chi connectivity index (χ1n) is 11.9. The van der Waals surface area contributed by atoms with Crippen molar-refractivity contribution < 1.29 is 14.8 Å². The van der Waals surface area contributed by atoms with Gasteiger partial charge in [0.05, 0.1) is 6.04 Å². The highest BCUT2D eigenvalue weighted by Gasteiger charge is 2.28. The van der Waals surface area contributed by atoms with Crippen molar-refractivity contribution in [2.75, 3.05) is 27.2 Å². The van der Waals surface area contributed by atoms with Gasteiger partial charge in [0.2, 0.25) is 5.91 Å². The molecule has 0 fully saturated rings. The number of amides is 2. The number of H-pyrrole nitrogens is 1. The summed E-state index contributed by atoms with van der Waals surface area (Å²) in [4.78, 5) is 29.9. The van der Waals surface area contributed by atoms with Crippen LogP contribution in [0.15, 0.2) is 54.7 Å². The van der Waals surface area contributed by atoms with Crippen molar-refractivity contribution in [3.8, 4) is 0 Å². The van der Waals surface area contributed by atoms with Crippen molar-refractivity contribution in [3.63, 3.8) is 0 Å². The first kappa shape index (κ1) is 24.7. The molecular formula is C27H33N5O3. The summed E-state index contributed by atoms with van der Waals surface area (Å²) in [6, 6.07) is 13.9. The van der Waals surface area contributed by atoms with Crippen LogP contribution < -0.4 is 16.1 Å². The SMILES string of the molecule is CN(C)CCNC(=O)[C@H](Cc1c[nH]c2ccccc12)NC1CCc2cc(C=CC(=O)NO)ccc21. The highest BCUT2D eigenvalue weighted by atomic mass is 16.5. The molecule has 184 valence electrons. The molecule has 0 spiro atoms. The van der Waals surface area contributed by atoms with Gasteiger partial charge in [-0.3, -0.25) is 20.1 Å². The van der Waals surface area contributed by atoms with Gasteiger partial charge in [-0.25, -0.2) is 5.48 Å². The summed E-state index contributed by atoms with van der Waals surface area (Å²) >= 11 is 0. The van der Waals surface area contributed by atoms with E-state index in [4.69, 9.17) is 5.21 Å². The maximum Gasteiger partial charge on any atom is 0.267 e. The number of fused-ring (bicyclic) bond motifs is 2. The fourth-order valence-electron chi connectivity index (χ4n) is 4.64. The van der Waals surface area contributed by atoms with Crippen LogP contribution in [-0.4, -0.2) is 60.1 Å². The minimum atomic E-state index is -0.564. The van der Waals surface area contributed by atoms with Gasteiger partial charge in [-0.1, -0.05) is 36.4 Å². The number of aromatic amines is 1. The van der Waals surface area contributed by atoms with Gasteiger partial charge in [0.25, 0.3) is 5.91 Å². The zero-order valence-electron chi connectivity index (χ0n) is 20.2. The lowest BCUT2D eigenvalue weighted by molar-refractivity contribution is -0.124. The number of likely N-dealkylation sites (N-methyl/N-ethyl adjacent to an activating group) is 1. The van der Waals surface area contributed by atoms with Crippen LogP contribution in [0.1, 0.15) is 34.7 Å². The number of carbonyl (C=O) groups excluding carboxylic acids is 2. The summed E-state index contributed by atoms with van der Waals surface area (Å²) in [7, 11) is 3.98. The molecule has 0 saturated carbocycles. The van der Waals surface area contributed by atoms with E-state index >= 15 is 0 Å². The van der Waals surface area contributed by atoms with Crippen LogP contribution in [0.2, 0.25) is 0 Å². The maximum absolute atomic E-state index is 13.2. The number of para-hydroxylation sites is 1. The molecule has 1 aliphatic rings. The lowest BCUT2D eigenvalue weighted by atomic mass is 10.0. The van der Waals surface area contributed by atoms with E-state index in [-0.39, 0.29) is 18.0 Å². The van der Waals surface area contributed by atoms with E-state index in [1.54, 1.807) is 11.6 Å². The first-order valence-corrected chi connectivity index (χ1v) is 11.9. The van der Waals surface area contributed by atoms with Crippen molar-refractivity contribution in [1.82, 2.24) is 26.0 Å². The lowest BCUT2D eigenvalue weighted by Gasteiger charge is -2.24. The molecule has 1 unspecified atom stereocenters. The summed E-state index contributed by atoms with van der Waals surface area (Å²) in [6.45, 7) is 1.37. The quantitative estimate of drug-likeness (QED) is 0.176. The van der Waals surface area contributed by atoms with Crippen molar-refractivity contribution in [1.29, 1.82) is 0 Å². The third-order valence-corrected chi connectivity index (χ3v) is 6.46. The predicted octanol–water partition coefficient (Wildman–Crippen LogP) is 2.55. The molecule has 5 N–H and O–H groups in total. The standard InChI is InChI=1S/C27H33N5O3/c1-32(2)14-13-28-27(34)25(16-20-17-29-23-6-4-3-5-21(20)23)30-24-11-9-19-15-18(7-10-22(19)24)8-12-26(33)31-35/h3-8,10,12,15,17,24-25,29-30,35H,9,11,13-14,16H2,1-2H3,(H,28,34)(H,31,33)/t24?,25-/m0/s1. The molecule has 1 aromatic heterocycles. The van der Waals surface area contributed by atoms with Crippen molar-refractivity contribution in [2.24, 2.45) is 0 Å². The number of nitrogens with one attached hydrogen (secondary N) is 4. The van der Waals surface area contributed by atoms with Gasteiger partial charge < -0.3 is 15.2 Å². The zero-order chi connectivity index (χ0) is 24.8. The molecule has 2 aromatic carbocycles. The molecule has 0 radical (unpaired) electrons. The second-order valence-electron chi connectivity index (χ2n) is 9.24. The number of hydrogen-bond donors (Lipinski definition) is 5. The minimum Gasteiger partial charge on any atom is -0.361 e. The number of aromatic nitrogens is 1.